The van der Waals surface area contributed by atoms with Crippen molar-refractivity contribution in [2.24, 2.45) is 0 Å². The Kier molecular flexibility index (Phi) is 4.95. The summed E-state index contributed by atoms with van der Waals surface area (Å²) in [6, 6.07) is 8.79. The van der Waals surface area contributed by atoms with Gasteiger partial charge in [0, 0.05) is 12.1 Å². The van der Waals surface area contributed by atoms with Crippen LogP contribution < -0.4 is 5.32 Å². The van der Waals surface area contributed by atoms with E-state index in [0.717, 1.165) is 6.54 Å². The maximum Gasteiger partial charge on any atom is 0.0143 e. The Morgan fingerprint density at radius 2 is 1.71 bits per heavy atom. The third kappa shape index (κ3) is 5.69. The van der Waals surface area contributed by atoms with Crippen molar-refractivity contribution in [2.45, 2.75) is 46.1 Å². The van der Waals surface area contributed by atoms with Gasteiger partial charge in [0.25, 0.3) is 0 Å². The molecule has 0 amide bonds. The highest BCUT2D eigenvalue weighted by atomic mass is 14.9. The highest BCUT2D eigenvalue weighted by Crippen LogP contribution is 2.15. The summed E-state index contributed by atoms with van der Waals surface area (Å²) in [5.74, 6) is 0.607. The van der Waals surface area contributed by atoms with Gasteiger partial charge in [0.2, 0.25) is 0 Å². The lowest BCUT2D eigenvalue weighted by Gasteiger charge is -2.18. The number of hydrogen-bond acceptors (Lipinski definition) is 1. The molecule has 1 heteroatoms. The average molecular weight is 231 g/mol. The molecule has 0 radical (unpaired) electrons. The Bertz CT molecular complexity index is 352. The molecule has 1 aromatic rings. The largest absolute Gasteiger partial charge is 0.309 e. The van der Waals surface area contributed by atoms with E-state index < -0.39 is 0 Å². The molecule has 0 aromatic heterocycles. The van der Waals surface area contributed by atoms with Crippen molar-refractivity contribution in [3.8, 4) is 0 Å². The number of hydrogen-bond donors (Lipinski definition) is 1. The van der Waals surface area contributed by atoms with Crippen LogP contribution in [0.1, 0.15) is 51.7 Å². The van der Waals surface area contributed by atoms with E-state index in [9.17, 15) is 0 Å². The minimum absolute atomic E-state index is 0.186. The van der Waals surface area contributed by atoms with Gasteiger partial charge in [-0.25, -0.2) is 0 Å². The zero-order chi connectivity index (χ0) is 12.9. The molecule has 0 unspecified atom stereocenters. The van der Waals surface area contributed by atoms with Gasteiger partial charge in [-0.1, -0.05) is 50.3 Å². The fourth-order valence-corrected chi connectivity index (χ4v) is 1.55. The van der Waals surface area contributed by atoms with E-state index >= 15 is 0 Å². The molecule has 0 aliphatic carbocycles. The van der Waals surface area contributed by atoms with E-state index in [1.165, 1.54) is 11.1 Å². The normalized spacial score (nSPS) is 12.6. The van der Waals surface area contributed by atoms with E-state index in [-0.39, 0.29) is 5.54 Å². The van der Waals surface area contributed by atoms with E-state index in [2.05, 4.69) is 76.4 Å². The molecule has 94 valence electrons. The average Bonchev–Trinajstić information content (AvgIpc) is 2.24. The molecule has 1 aromatic carbocycles. The fraction of sp³-hybridized carbons (Fsp3) is 0.500. The van der Waals surface area contributed by atoms with Crippen molar-refractivity contribution in [2.75, 3.05) is 6.54 Å². The van der Waals surface area contributed by atoms with Crippen LogP contribution in [0.5, 0.6) is 0 Å². The number of benzene rings is 1. The van der Waals surface area contributed by atoms with Crippen molar-refractivity contribution in [1.82, 2.24) is 5.32 Å². The summed E-state index contributed by atoms with van der Waals surface area (Å²) in [5, 5.41) is 3.43. The first kappa shape index (κ1) is 14.0. The minimum atomic E-state index is 0.186. The zero-order valence-corrected chi connectivity index (χ0v) is 11.7. The lowest BCUT2D eigenvalue weighted by molar-refractivity contribution is 0.450. The van der Waals surface area contributed by atoms with Crippen molar-refractivity contribution in [1.29, 1.82) is 0 Å². The Morgan fingerprint density at radius 1 is 1.12 bits per heavy atom. The molecule has 0 saturated carbocycles. The SMILES string of the molecule is CC(C)c1ccc(C=CCNC(C)(C)C)cc1. The third-order valence-electron chi connectivity index (χ3n) is 2.66. The molecule has 17 heavy (non-hydrogen) atoms. The summed E-state index contributed by atoms with van der Waals surface area (Å²) in [4.78, 5) is 0. The van der Waals surface area contributed by atoms with Crippen LogP contribution in [0.25, 0.3) is 6.08 Å². The molecule has 0 aliphatic heterocycles. The summed E-state index contributed by atoms with van der Waals surface area (Å²) in [6.45, 7) is 11.9. The molecule has 0 atom stereocenters. The van der Waals surface area contributed by atoms with Crippen molar-refractivity contribution >= 4 is 6.08 Å². The van der Waals surface area contributed by atoms with Gasteiger partial charge in [0.15, 0.2) is 0 Å². The molecule has 0 aliphatic rings. The first-order chi connectivity index (χ1) is 7.88. The van der Waals surface area contributed by atoms with Crippen LogP contribution in [0.4, 0.5) is 0 Å². The van der Waals surface area contributed by atoms with Gasteiger partial charge in [0.05, 0.1) is 0 Å². The molecule has 0 spiro atoms. The van der Waals surface area contributed by atoms with Crippen molar-refractivity contribution in [3.05, 3.63) is 41.5 Å². The third-order valence-corrected chi connectivity index (χ3v) is 2.66. The van der Waals surface area contributed by atoms with Crippen LogP contribution >= 0.6 is 0 Å². The highest BCUT2D eigenvalue weighted by Gasteiger charge is 2.05. The van der Waals surface area contributed by atoms with E-state index in [4.69, 9.17) is 0 Å². The zero-order valence-electron chi connectivity index (χ0n) is 11.7. The number of rotatable bonds is 4. The second kappa shape index (κ2) is 6.02. The highest BCUT2D eigenvalue weighted by molar-refractivity contribution is 5.50. The molecule has 0 fully saturated rings. The summed E-state index contributed by atoms with van der Waals surface area (Å²) in [7, 11) is 0. The van der Waals surface area contributed by atoms with E-state index in [0.29, 0.717) is 5.92 Å². The second-order valence-electron chi connectivity index (χ2n) is 5.85. The standard InChI is InChI=1S/C16H25N/c1-13(2)15-10-8-14(9-11-15)7-6-12-17-16(3,4)5/h6-11,13,17H,12H2,1-5H3. The molecule has 0 bridgehead atoms. The Morgan fingerprint density at radius 3 is 2.18 bits per heavy atom. The van der Waals surface area contributed by atoms with Gasteiger partial charge < -0.3 is 5.32 Å². The number of nitrogens with one attached hydrogen (secondary N) is 1. The minimum Gasteiger partial charge on any atom is -0.309 e. The van der Waals surface area contributed by atoms with Gasteiger partial charge in [0.1, 0.15) is 0 Å². The first-order valence-corrected chi connectivity index (χ1v) is 6.40. The molecular formula is C16H25N. The lowest BCUT2D eigenvalue weighted by Crippen LogP contribution is -2.35. The van der Waals surface area contributed by atoms with Crippen LogP contribution in [0.15, 0.2) is 30.3 Å². The predicted molar refractivity (Wildman–Crippen MR) is 77.3 cm³/mol. The van der Waals surface area contributed by atoms with Crippen molar-refractivity contribution in [3.63, 3.8) is 0 Å². The fourth-order valence-electron chi connectivity index (χ4n) is 1.55. The van der Waals surface area contributed by atoms with Gasteiger partial charge in [-0.2, -0.15) is 0 Å². The Labute approximate surface area is 106 Å². The Hall–Kier alpha value is -1.08. The Balaban J connectivity index is 2.49. The lowest BCUT2D eigenvalue weighted by atomic mass is 10.0. The van der Waals surface area contributed by atoms with Crippen LogP contribution in [-0.2, 0) is 0 Å². The predicted octanol–water partition coefficient (Wildman–Crippen LogP) is 4.21. The molecule has 1 N–H and O–H groups in total. The van der Waals surface area contributed by atoms with Crippen LogP contribution in [0.2, 0.25) is 0 Å². The second-order valence-corrected chi connectivity index (χ2v) is 5.85. The van der Waals surface area contributed by atoms with E-state index in [1.807, 2.05) is 0 Å². The molecule has 1 nitrogen and oxygen atoms in total. The topological polar surface area (TPSA) is 12.0 Å². The maximum absolute atomic E-state index is 3.43. The molecule has 0 saturated heterocycles. The summed E-state index contributed by atoms with van der Waals surface area (Å²) in [5.41, 5.74) is 2.85. The molecule has 1 rings (SSSR count). The van der Waals surface area contributed by atoms with E-state index in [1.54, 1.807) is 0 Å². The van der Waals surface area contributed by atoms with Crippen LogP contribution in [-0.4, -0.2) is 12.1 Å². The van der Waals surface area contributed by atoms with Gasteiger partial charge >= 0.3 is 0 Å². The smallest absolute Gasteiger partial charge is 0.0143 e. The van der Waals surface area contributed by atoms with Gasteiger partial charge in [-0.05, 0) is 37.8 Å². The summed E-state index contributed by atoms with van der Waals surface area (Å²) >= 11 is 0. The molecular weight excluding hydrogens is 206 g/mol. The quantitative estimate of drug-likeness (QED) is 0.818. The van der Waals surface area contributed by atoms with Crippen molar-refractivity contribution < 1.29 is 0 Å². The monoisotopic (exact) mass is 231 g/mol. The summed E-state index contributed by atoms with van der Waals surface area (Å²) < 4.78 is 0. The van der Waals surface area contributed by atoms with Crippen LogP contribution in [0, 0.1) is 0 Å². The summed E-state index contributed by atoms with van der Waals surface area (Å²) in [6.07, 6.45) is 4.35. The molecule has 0 heterocycles. The van der Waals surface area contributed by atoms with Gasteiger partial charge in [-0.3, -0.25) is 0 Å². The maximum atomic E-state index is 3.43. The van der Waals surface area contributed by atoms with Crippen LogP contribution in [0.3, 0.4) is 0 Å². The van der Waals surface area contributed by atoms with Gasteiger partial charge in [-0.15, -0.1) is 0 Å². The first-order valence-electron chi connectivity index (χ1n) is 6.40.